The van der Waals surface area contributed by atoms with Crippen molar-refractivity contribution < 1.29 is 0 Å². The Bertz CT molecular complexity index is 595. The highest BCUT2D eigenvalue weighted by Crippen LogP contribution is 2.33. The van der Waals surface area contributed by atoms with Crippen molar-refractivity contribution in [3.63, 3.8) is 0 Å². The average Bonchev–Trinajstić information content (AvgIpc) is 3.00. The van der Waals surface area contributed by atoms with Crippen molar-refractivity contribution >= 4 is 17.0 Å². The van der Waals surface area contributed by atoms with E-state index in [0.717, 1.165) is 19.5 Å². The monoisotopic (exact) mass is 314 g/mol. The Morgan fingerprint density at radius 2 is 1.82 bits per heavy atom. The van der Waals surface area contributed by atoms with Gasteiger partial charge in [-0.05, 0) is 41.0 Å². The molecule has 0 aliphatic carbocycles. The van der Waals surface area contributed by atoms with Crippen LogP contribution in [0.15, 0.2) is 41.8 Å². The number of anilines is 1. The molecule has 2 N–H and O–H groups in total. The molecule has 2 atom stereocenters. The van der Waals surface area contributed by atoms with Gasteiger partial charge in [-0.25, -0.2) is 0 Å². The molecule has 0 saturated carbocycles. The predicted molar refractivity (Wildman–Crippen MR) is 97.0 cm³/mol. The van der Waals surface area contributed by atoms with E-state index in [1.807, 2.05) is 11.3 Å². The lowest BCUT2D eigenvalue weighted by Crippen LogP contribution is -2.46. The first kappa shape index (κ1) is 15.6. The topological polar surface area (TPSA) is 29.3 Å². The van der Waals surface area contributed by atoms with Gasteiger partial charge >= 0.3 is 0 Å². The molecular weight excluding hydrogens is 288 g/mol. The first-order chi connectivity index (χ1) is 10.4. The third-order valence-corrected chi connectivity index (χ3v) is 5.56. The van der Waals surface area contributed by atoms with E-state index in [2.05, 4.69) is 67.4 Å². The third kappa shape index (κ3) is 3.36. The quantitative estimate of drug-likeness (QED) is 0.892. The van der Waals surface area contributed by atoms with Gasteiger partial charge < -0.3 is 10.6 Å². The highest BCUT2D eigenvalue weighted by molar-refractivity contribution is 7.10. The standard InChI is InChI=1S/C19H26N2S/c1-19(2,3)15-6-8-17(9-7-15)21-12-14(11-16(20)13-21)18-5-4-10-22-18/h4-10,14,16H,11-13,20H2,1-3H3. The summed E-state index contributed by atoms with van der Waals surface area (Å²) in [6.45, 7) is 8.79. The molecule has 1 aromatic carbocycles. The summed E-state index contributed by atoms with van der Waals surface area (Å²) in [5.74, 6) is 0.561. The van der Waals surface area contributed by atoms with Crippen LogP contribution in [0.5, 0.6) is 0 Å². The summed E-state index contributed by atoms with van der Waals surface area (Å²) in [5, 5.41) is 2.16. The van der Waals surface area contributed by atoms with E-state index in [9.17, 15) is 0 Å². The van der Waals surface area contributed by atoms with E-state index in [0.29, 0.717) is 5.92 Å². The lowest BCUT2D eigenvalue weighted by Gasteiger charge is -2.37. The zero-order valence-corrected chi connectivity index (χ0v) is 14.6. The molecule has 2 heterocycles. The minimum atomic E-state index is 0.205. The lowest BCUT2D eigenvalue weighted by atomic mass is 9.87. The van der Waals surface area contributed by atoms with Crippen LogP contribution in [0, 0.1) is 0 Å². The SMILES string of the molecule is CC(C)(C)c1ccc(N2CC(N)CC(c3cccs3)C2)cc1. The summed E-state index contributed by atoms with van der Waals surface area (Å²) in [5.41, 5.74) is 9.20. The van der Waals surface area contributed by atoms with Crippen LogP contribution in [0.4, 0.5) is 5.69 Å². The van der Waals surface area contributed by atoms with Gasteiger partial charge in [0.1, 0.15) is 0 Å². The number of benzene rings is 1. The summed E-state index contributed by atoms with van der Waals surface area (Å²) >= 11 is 1.85. The molecule has 1 fully saturated rings. The number of nitrogens with zero attached hydrogens (tertiary/aromatic N) is 1. The van der Waals surface area contributed by atoms with Crippen molar-refractivity contribution in [1.82, 2.24) is 0 Å². The van der Waals surface area contributed by atoms with Crippen molar-refractivity contribution in [3.05, 3.63) is 52.2 Å². The zero-order valence-electron chi connectivity index (χ0n) is 13.8. The van der Waals surface area contributed by atoms with Gasteiger partial charge in [-0.1, -0.05) is 39.0 Å². The van der Waals surface area contributed by atoms with Crippen LogP contribution in [0.1, 0.15) is 43.6 Å². The fourth-order valence-corrected chi connectivity index (χ4v) is 4.09. The van der Waals surface area contributed by atoms with Gasteiger partial charge in [0.2, 0.25) is 0 Å². The van der Waals surface area contributed by atoms with Crippen LogP contribution in [0.25, 0.3) is 0 Å². The minimum absolute atomic E-state index is 0.205. The number of piperidine rings is 1. The van der Waals surface area contributed by atoms with Gasteiger partial charge in [0, 0.05) is 35.6 Å². The molecule has 2 unspecified atom stereocenters. The molecule has 3 rings (SSSR count). The lowest BCUT2D eigenvalue weighted by molar-refractivity contribution is 0.458. The molecule has 0 spiro atoms. The Hall–Kier alpha value is -1.32. The van der Waals surface area contributed by atoms with Crippen molar-refractivity contribution in [3.8, 4) is 0 Å². The molecule has 2 aromatic rings. The minimum Gasteiger partial charge on any atom is -0.369 e. The molecule has 1 aliphatic rings. The molecule has 1 aromatic heterocycles. The first-order valence-electron chi connectivity index (χ1n) is 8.08. The molecule has 22 heavy (non-hydrogen) atoms. The van der Waals surface area contributed by atoms with Gasteiger partial charge in [-0.2, -0.15) is 0 Å². The van der Waals surface area contributed by atoms with E-state index < -0.39 is 0 Å². The second-order valence-electron chi connectivity index (χ2n) is 7.41. The molecule has 0 radical (unpaired) electrons. The van der Waals surface area contributed by atoms with Gasteiger partial charge in [0.25, 0.3) is 0 Å². The van der Waals surface area contributed by atoms with Crippen LogP contribution in [0.2, 0.25) is 0 Å². The van der Waals surface area contributed by atoms with Crippen LogP contribution in [0.3, 0.4) is 0 Å². The fourth-order valence-electron chi connectivity index (χ4n) is 3.25. The zero-order chi connectivity index (χ0) is 15.7. The number of hydrogen-bond donors (Lipinski definition) is 1. The highest BCUT2D eigenvalue weighted by Gasteiger charge is 2.27. The largest absolute Gasteiger partial charge is 0.369 e. The van der Waals surface area contributed by atoms with Crippen LogP contribution >= 0.6 is 11.3 Å². The molecule has 1 saturated heterocycles. The number of nitrogens with two attached hydrogens (primary N) is 1. The predicted octanol–water partition coefficient (Wildman–Crippen LogP) is 4.37. The first-order valence-corrected chi connectivity index (χ1v) is 8.96. The maximum atomic E-state index is 6.32. The maximum Gasteiger partial charge on any atom is 0.0367 e. The van der Waals surface area contributed by atoms with Gasteiger partial charge in [0.15, 0.2) is 0 Å². The highest BCUT2D eigenvalue weighted by atomic mass is 32.1. The van der Waals surface area contributed by atoms with Crippen molar-refractivity contribution in [2.45, 2.75) is 44.6 Å². The van der Waals surface area contributed by atoms with Crippen LogP contribution < -0.4 is 10.6 Å². The molecular formula is C19H26N2S. The number of rotatable bonds is 2. The second kappa shape index (κ2) is 6.05. The summed E-state index contributed by atoms with van der Waals surface area (Å²) in [7, 11) is 0. The van der Waals surface area contributed by atoms with Crippen LogP contribution in [-0.4, -0.2) is 19.1 Å². The normalized spacial score (nSPS) is 22.8. The molecule has 2 nitrogen and oxygen atoms in total. The molecule has 118 valence electrons. The third-order valence-electron chi connectivity index (χ3n) is 4.53. The van der Waals surface area contributed by atoms with Crippen molar-refractivity contribution in [1.29, 1.82) is 0 Å². The van der Waals surface area contributed by atoms with E-state index >= 15 is 0 Å². The molecule has 0 amide bonds. The Balaban J connectivity index is 1.79. The van der Waals surface area contributed by atoms with Crippen molar-refractivity contribution in [2.24, 2.45) is 5.73 Å². The smallest absolute Gasteiger partial charge is 0.0367 e. The average molecular weight is 314 g/mol. The van der Waals surface area contributed by atoms with Gasteiger partial charge in [-0.15, -0.1) is 11.3 Å². The Kier molecular flexibility index (Phi) is 4.28. The van der Waals surface area contributed by atoms with Gasteiger partial charge in [0.05, 0.1) is 0 Å². The summed E-state index contributed by atoms with van der Waals surface area (Å²) < 4.78 is 0. The maximum absolute atomic E-state index is 6.32. The molecule has 1 aliphatic heterocycles. The van der Waals surface area contributed by atoms with Gasteiger partial charge in [-0.3, -0.25) is 0 Å². The Labute approximate surface area is 138 Å². The Morgan fingerprint density at radius 3 is 2.41 bits per heavy atom. The second-order valence-corrected chi connectivity index (χ2v) is 8.39. The number of hydrogen-bond acceptors (Lipinski definition) is 3. The van der Waals surface area contributed by atoms with Crippen LogP contribution in [-0.2, 0) is 5.41 Å². The van der Waals surface area contributed by atoms with E-state index in [1.54, 1.807) is 0 Å². The van der Waals surface area contributed by atoms with E-state index in [-0.39, 0.29) is 11.5 Å². The van der Waals surface area contributed by atoms with E-state index in [1.165, 1.54) is 16.1 Å². The fraction of sp³-hybridized carbons (Fsp3) is 0.474. The number of thiophene rings is 1. The Morgan fingerprint density at radius 1 is 1.09 bits per heavy atom. The molecule has 0 bridgehead atoms. The van der Waals surface area contributed by atoms with E-state index in [4.69, 9.17) is 5.73 Å². The molecule has 3 heteroatoms. The van der Waals surface area contributed by atoms with Crippen molar-refractivity contribution in [2.75, 3.05) is 18.0 Å². The summed E-state index contributed by atoms with van der Waals surface area (Å²) in [4.78, 5) is 3.91. The summed E-state index contributed by atoms with van der Waals surface area (Å²) in [6.07, 6.45) is 1.09. The summed E-state index contributed by atoms with van der Waals surface area (Å²) in [6, 6.07) is 13.7.